The number of benzene rings is 2. The molecule has 1 unspecified atom stereocenters. The van der Waals surface area contributed by atoms with Crippen LogP contribution in [0, 0.1) is 6.92 Å². The van der Waals surface area contributed by atoms with Gasteiger partial charge >= 0.3 is 0 Å². The number of nitrogens with one attached hydrogen (secondary N) is 1. The van der Waals surface area contributed by atoms with Crippen molar-refractivity contribution in [1.82, 2.24) is 25.5 Å². The molecule has 1 N–H and O–H groups in total. The van der Waals surface area contributed by atoms with Crippen LogP contribution in [0.25, 0.3) is 11.4 Å². The van der Waals surface area contributed by atoms with Crippen molar-refractivity contribution in [1.29, 1.82) is 0 Å². The molecule has 6 nitrogen and oxygen atoms in total. The Labute approximate surface area is 146 Å². The number of nitrogens with zero attached hydrogens (tertiary/aromatic N) is 4. The molecule has 0 saturated heterocycles. The molecule has 3 aromatic rings. The number of rotatable bonds is 6. The summed E-state index contributed by atoms with van der Waals surface area (Å²) in [5.41, 5.74) is 3.24. The average molecular weight is 335 g/mol. The van der Waals surface area contributed by atoms with Crippen molar-refractivity contribution in [2.24, 2.45) is 0 Å². The van der Waals surface area contributed by atoms with E-state index in [0.717, 1.165) is 12.0 Å². The van der Waals surface area contributed by atoms with Crippen LogP contribution in [0.15, 0.2) is 54.6 Å². The second-order valence-corrected chi connectivity index (χ2v) is 6.00. The highest BCUT2D eigenvalue weighted by Crippen LogP contribution is 2.15. The Morgan fingerprint density at radius 2 is 1.84 bits per heavy atom. The first-order chi connectivity index (χ1) is 12.1. The smallest absolute Gasteiger partial charge is 0.246 e. The maximum absolute atomic E-state index is 12.3. The highest BCUT2D eigenvalue weighted by Gasteiger charge is 2.18. The highest BCUT2D eigenvalue weighted by molar-refractivity contribution is 5.79. The van der Waals surface area contributed by atoms with Gasteiger partial charge in [0.25, 0.3) is 0 Å². The van der Waals surface area contributed by atoms with Crippen LogP contribution in [0.2, 0.25) is 0 Å². The number of tetrazole rings is 1. The monoisotopic (exact) mass is 335 g/mol. The first kappa shape index (κ1) is 16.8. The Morgan fingerprint density at radius 1 is 1.12 bits per heavy atom. The average Bonchev–Trinajstić information content (AvgIpc) is 3.12. The number of carbonyl (C=O) groups is 1. The number of carbonyl (C=O) groups excluding carboxylic acids is 1. The van der Waals surface area contributed by atoms with E-state index in [4.69, 9.17) is 0 Å². The van der Waals surface area contributed by atoms with E-state index in [0.29, 0.717) is 12.4 Å². The molecular formula is C19H21N5O. The summed E-state index contributed by atoms with van der Waals surface area (Å²) in [6.45, 7) is 4.36. The lowest BCUT2D eigenvalue weighted by atomic mass is 10.1. The van der Waals surface area contributed by atoms with Crippen LogP contribution in [0.1, 0.15) is 24.1 Å². The topological polar surface area (TPSA) is 72.7 Å². The standard InChI is InChI=1S/C19H21N5O/c1-14-8-10-17(11-9-14)18-21-23-24(22-18)15(2)19(25)20-13-12-16-6-4-3-5-7-16/h3-11,15H,12-13H2,1-2H3,(H,20,25). The van der Waals surface area contributed by atoms with Crippen molar-refractivity contribution in [3.8, 4) is 11.4 Å². The molecule has 0 spiro atoms. The van der Waals surface area contributed by atoms with Crippen LogP contribution >= 0.6 is 0 Å². The Balaban J connectivity index is 1.58. The molecule has 3 rings (SSSR count). The number of aromatic nitrogens is 4. The largest absolute Gasteiger partial charge is 0.354 e. The third-order valence-electron chi connectivity index (χ3n) is 4.02. The fourth-order valence-electron chi connectivity index (χ4n) is 2.43. The summed E-state index contributed by atoms with van der Waals surface area (Å²) in [7, 11) is 0. The predicted molar refractivity (Wildman–Crippen MR) is 95.9 cm³/mol. The minimum Gasteiger partial charge on any atom is -0.354 e. The van der Waals surface area contributed by atoms with Crippen LogP contribution < -0.4 is 5.32 Å². The van der Waals surface area contributed by atoms with Crippen LogP contribution in [0.4, 0.5) is 0 Å². The number of hydrogen-bond acceptors (Lipinski definition) is 4. The second-order valence-electron chi connectivity index (χ2n) is 6.00. The molecule has 1 amide bonds. The van der Waals surface area contributed by atoms with Gasteiger partial charge in [-0.1, -0.05) is 60.2 Å². The van der Waals surface area contributed by atoms with Gasteiger partial charge in [0.1, 0.15) is 6.04 Å². The highest BCUT2D eigenvalue weighted by atomic mass is 16.2. The first-order valence-corrected chi connectivity index (χ1v) is 8.31. The quantitative estimate of drug-likeness (QED) is 0.751. The molecule has 0 aliphatic rings. The van der Waals surface area contributed by atoms with Gasteiger partial charge in [0.15, 0.2) is 0 Å². The number of hydrogen-bond donors (Lipinski definition) is 1. The Morgan fingerprint density at radius 3 is 2.56 bits per heavy atom. The molecule has 1 heterocycles. The lowest BCUT2D eigenvalue weighted by Crippen LogP contribution is -2.33. The van der Waals surface area contributed by atoms with E-state index in [2.05, 4.69) is 20.7 Å². The van der Waals surface area contributed by atoms with Crippen molar-refractivity contribution >= 4 is 5.91 Å². The van der Waals surface area contributed by atoms with Crippen molar-refractivity contribution in [3.05, 3.63) is 65.7 Å². The van der Waals surface area contributed by atoms with Gasteiger partial charge in [-0.15, -0.1) is 10.2 Å². The summed E-state index contributed by atoms with van der Waals surface area (Å²) in [4.78, 5) is 13.6. The third kappa shape index (κ3) is 4.29. The van der Waals surface area contributed by atoms with Gasteiger partial charge in [0.2, 0.25) is 11.7 Å². The van der Waals surface area contributed by atoms with Gasteiger partial charge in [0, 0.05) is 12.1 Å². The van der Waals surface area contributed by atoms with E-state index in [9.17, 15) is 4.79 Å². The molecule has 0 radical (unpaired) electrons. The number of aryl methyl sites for hydroxylation is 1. The Kier molecular flexibility index (Phi) is 5.18. The lowest BCUT2D eigenvalue weighted by molar-refractivity contribution is -0.124. The van der Waals surface area contributed by atoms with Gasteiger partial charge in [-0.3, -0.25) is 4.79 Å². The zero-order valence-corrected chi connectivity index (χ0v) is 14.4. The minimum absolute atomic E-state index is 0.121. The van der Waals surface area contributed by atoms with Crippen molar-refractivity contribution in [3.63, 3.8) is 0 Å². The maximum atomic E-state index is 12.3. The van der Waals surface area contributed by atoms with E-state index in [1.165, 1.54) is 15.9 Å². The zero-order chi connectivity index (χ0) is 17.6. The number of amides is 1. The second kappa shape index (κ2) is 7.70. The van der Waals surface area contributed by atoms with Gasteiger partial charge in [-0.05, 0) is 31.0 Å². The van der Waals surface area contributed by atoms with Crippen LogP contribution in [-0.2, 0) is 11.2 Å². The lowest BCUT2D eigenvalue weighted by Gasteiger charge is -2.10. The van der Waals surface area contributed by atoms with Crippen molar-refractivity contribution in [2.75, 3.05) is 6.54 Å². The van der Waals surface area contributed by atoms with Gasteiger partial charge in [-0.2, -0.15) is 4.80 Å². The third-order valence-corrected chi connectivity index (χ3v) is 4.02. The molecule has 0 fully saturated rings. The molecule has 0 saturated carbocycles. The fourth-order valence-corrected chi connectivity index (χ4v) is 2.43. The van der Waals surface area contributed by atoms with Crippen LogP contribution in [0.5, 0.6) is 0 Å². The van der Waals surface area contributed by atoms with E-state index in [1.54, 1.807) is 6.92 Å². The summed E-state index contributed by atoms with van der Waals surface area (Å²) in [6, 6.07) is 17.4. The summed E-state index contributed by atoms with van der Waals surface area (Å²) < 4.78 is 0. The SMILES string of the molecule is Cc1ccc(-c2nnn(C(C)C(=O)NCCc3ccccc3)n2)cc1. The van der Waals surface area contributed by atoms with Gasteiger partial charge in [-0.25, -0.2) is 0 Å². The fraction of sp³-hybridized carbons (Fsp3) is 0.263. The zero-order valence-electron chi connectivity index (χ0n) is 14.4. The van der Waals surface area contributed by atoms with E-state index < -0.39 is 6.04 Å². The Hall–Kier alpha value is -3.02. The van der Waals surface area contributed by atoms with E-state index >= 15 is 0 Å². The summed E-state index contributed by atoms with van der Waals surface area (Å²) in [5, 5.41) is 15.3. The Bertz CT molecular complexity index is 827. The molecular weight excluding hydrogens is 314 g/mol. The van der Waals surface area contributed by atoms with Crippen molar-refractivity contribution < 1.29 is 4.79 Å². The normalized spacial score (nSPS) is 11.9. The molecule has 128 valence electrons. The van der Waals surface area contributed by atoms with Crippen LogP contribution in [0.3, 0.4) is 0 Å². The molecule has 1 aromatic heterocycles. The summed E-state index contributed by atoms with van der Waals surface area (Å²) >= 11 is 0. The molecule has 1 atom stereocenters. The minimum atomic E-state index is -0.512. The molecule has 0 aliphatic heterocycles. The van der Waals surface area contributed by atoms with Gasteiger partial charge < -0.3 is 5.32 Å². The van der Waals surface area contributed by atoms with Crippen LogP contribution in [-0.4, -0.2) is 32.7 Å². The molecule has 25 heavy (non-hydrogen) atoms. The summed E-state index contributed by atoms with van der Waals surface area (Å²) in [6.07, 6.45) is 0.790. The molecule has 2 aromatic carbocycles. The van der Waals surface area contributed by atoms with Crippen molar-refractivity contribution in [2.45, 2.75) is 26.3 Å². The molecule has 6 heteroatoms. The van der Waals surface area contributed by atoms with Gasteiger partial charge in [0.05, 0.1) is 0 Å². The van der Waals surface area contributed by atoms with E-state index in [-0.39, 0.29) is 5.91 Å². The summed E-state index contributed by atoms with van der Waals surface area (Å²) in [5.74, 6) is 0.396. The molecule has 0 aliphatic carbocycles. The van der Waals surface area contributed by atoms with E-state index in [1.807, 2.05) is 61.5 Å². The first-order valence-electron chi connectivity index (χ1n) is 8.31. The maximum Gasteiger partial charge on any atom is 0.246 e. The predicted octanol–water partition coefficient (Wildman–Crippen LogP) is 2.57. The molecule has 0 bridgehead atoms.